The van der Waals surface area contributed by atoms with E-state index in [1.807, 2.05) is 6.08 Å². The summed E-state index contributed by atoms with van der Waals surface area (Å²) in [6, 6.07) is 0. The van der Waals surface area contributed by atoms with Crippen LogP contribution in [0.1, 0.15) is 52.9 Å². The van der Waals surface area contributed by atoms with Gasteiger partial charge in [-0.2, -0.15) is 0 Å². The maximum Gasteiger partial charge on any atom is -0.0256 e. The second kappa shape index (κ2) is 8.10. The first-order valence-corrected chi connectivity index (χ1v) is 5.56. The summed E-state index contributed by atoms with van der Waals surface area (Å²) in [5.74, 6) is 0.816. The Morgan fingerprint density at radius 2 is 2.08 bits per heavy atom. The first-order valence-electron chi connectivity index (χ1n) is 5.56. The summed E-state index contributed by atoms with van der Waals surface area (Å²) in [6.07, 6.45) is 10.6. The molecule has 1 atom stereocenters. The topological polar surface area (TPSA) is 0 Å². The zero-order valence-electron chi connectivity index (χ0n) is 9.47. The van der Waals surface area contributed by atoms with Crippen molar-refractivity contribution < 1.29 is 0 Å². The van der Waals surface area contributed by atoms with E-state index in [2.05, 4.69) is 33.4 Å². The number of unbranched alkanes of at least 4 members (excludes halogenated alkanes) is 1. The van der Waals surface area contributed by atoms with Crippen molar-refractivity contribution in [3.05, 3.63) is 24.3 Å². The van der Waals surface area contributed by atoms with Gasteiger partial charge in [-0.05, 0) is 18.8 Å². The maximum absolute atomic E-state index is 3.84. The molecule has 0 heterocycles. The van der Waals surface area contributed by atoms with E-state index in [0.717, 1.165) is 12.3 Å². The third-order valence-electron chi connectivity index (χ3n) is 2.36. The molecule has 0 bridgehead atoms. The third-order valence-corrected chi connectivity index (χ3v) is 2.36. The average Bonchev–Trinajstić information content (AvgIpc) is 2.14. The fraction of sp³-hybridized carbons (Fsp3) is 0.692. The normalized spacial score (nSPS) is 14.2. The SMILES string of the molecule is C=C/C(=C/CC)C[C@H](C)CCCC. The van der Waals surface area contributed by atoms with Gasteiger partial charge in [0.1, 0.15) is 0 Å². The second-order valence-corrected chi connectivity index (χ2v) is 3.84. The zero-order valence-corrected chi connectivity index (χ0v) is 9.47. The summed E-state index contributed by atoms with van der Waals surface area (Å²) < 4.78 is 0. The molecule has 0 aliphatic rings. The molecule has 0 N–H and O–H groups in total. The minimum absolute atomic E-state index is 0.816. The molecule has 0 aromatic rings. The lowest BCUT2D eigenvalue weighted by Crippen LogP contribution is -1.95. The molecule has 0 aromatic carbocycles. The molecule has 0 aliphatic heterocycles. The highest BCUT2D eigenvalue weighted by molar-refractivity contribution is 5.16. The van der Waals surface area contributed by atoms with Crippen LogP contribution in [0.25, 0.3) is 0 Å². The predicted octanol–water partition coefficient (Wildman–Crippen LogP) is 4.73. The van der Waals surface area contributed by atoms with E-state index in [1.165, 1.54) is 31.3 Å². The highest BCUT2D eigenvalue weighted by atomic mass is 14.1. The lowest BCUT2D eigenvalue weighted by atomic mass is 9.95. The van der Waals surface area contributed by atoms with Crippen LogP contribution < -0.4 is 0 Å². The van der Waals surface area contributed by atoms with Crippen molar-refractivity contribution in [2.24, 2.45) is 5.92 Å². The van der Waals surface area contributed by atoms with Crippen LogP contribution in [0.15, 0.2) is 24.3 Å². The highest BCUT2D eigenvalue weighted by Crippen LogP contribution is 2.18. The molecule has 0 nitrogen and oxygen atoms in total. The van der Waals surface area contributed by atoms with Gasteiger partial charge in [-0.15, -0.1) is 0 Å². The monoisotopic (exact) mass is 180 g/mol. The molecule has 0 spiro atoms. The van der Waals surface area contributed by atoms with Gasteiger partial charge in [-0.3, -0.25) is 0 Å². The zero-order chi connectivity index (χ0) is 10.1. The Morgan fingerprint density at radius 3 is 2.54 bits per heavy atom. The van der Waals surface area contributed by atoms with Crippen molar-refractivity contribution in [3.8, 4) is 0 Å². The maximum atomic E-state index is 3.84. The molecule has 0 heteroatoms. The van der Waals surface area contributed by atoms with E-state index >= 15 is 0 Å². The van der Waals surface area contributed by atoms with Crippen LogP contribution in [-0.4, -0.2) is 0 Å². The molecule has 0 amide bonds. The molecule has 0 aromatic heterocycles. The Hall–Kier alpha value is -0.520. The molecule has 0 saturated heterocycles. The summed E-state index contributed by atoms with van der Waals surface area (Å²) >= 11 is 0. The quantitative estimate of drug-likeness (QED) is 0.497. The largest absolute Gasteiger partial charge is 0.0988 e. The van der Waals surface area contributed by atoms with Crippen LogP contribution in [0, 0.1) is 5.92 Å². The molecule has 0 fully saturated rings. The van der Waals surface area contributed by atoms with Crippen LogP contribution in [0.3, 0.4) is 0 Å². The molecule has 13 heavy (non-hydrogen) atoms. The van der Waals surface area contributed by atoms with Crippen LogP contribution >= 0.6 is 0 Å². The third kappa shape index (κ3) is 6.62. The van der Waals surface area contributed by atoms with E-state index in [4.69, 9.17) is 0 Å². The summed E-state index contributed by atoms with van der Waals surface area (Å²) in [6.45, 7) is 10.6. The van der Waals surface area contributed by atoms with Crippen molar-refractivity contribution >= 4 is 0 Å². The highest BCUT2D eigenvalue weighted by Gasteiger charge is 2.02. The van der Waals surface area contributed by atoms with Gasteiger partial charge in [-0.1, -0.05) is 64.3 Å². The van der Waals surface area contributed by atoms with E-state index in [1.54, 1.807) is 0 Å². The van der Waals surface area contributed by atoms with Gasteiger partial charge in [0.25, 0.3) is 0 Å². The standard InChI is InChI=1S/C13H24/c1-5-8-10-12(4)11-13(7-3)9-6-2/h7,9,12H,3,5-6,8,10-11H2,1-2,4H3/b13-9-/t12-/m1/s1. The van der Waals surface area contributed by atoms with Gasteiger partial charge in [0.2, 0.25) is 0 Å². The van der Waals surface area contributed by atoms with Crippen molar-refractivity contribution in [2.45, 2.75) is 52.9 Å². The summed E-state index contributed by atoms with van der Waals surface area (Å²) in [5.41, 5.74) is 1.42. The van der Waals surface area contributed by atoms with Crippen LogP contribution in [0.2, 0.25) is 0 Å². The molecular formula is C13H24. The Morgan fingerprint density at radius 1 is 1.38 bits per heavy atom. The Bertz CT molecular complexity index is 153. The van der Waals surface area contributed by atoms with E-state index < -0.39 is 0 Å². The smallest absolute Gasteiger partial charge is 0.0256 e. The van der Waals surface area contributed by atoms with Gasteiger partial charge >= 0.3 is 0 Å². The first-order chi connectivity index (χ1) is 6.24. The minimum Gasteiger partial charge on any atom is -0.0988 e. The van der Waals surface area contributed by atoms with Gasteiger partial charge in [0.05, 0.1) is 0 Å². The van der Waals surface area contributed by atoms with Gasteiger partial charge in [-0.25, -0.2) is 0 Å². The summed E-state index contributed by atoms with van der Waals surface area (Å²) in [4.78, 5) is 0. The van der Waals surface area contributed by atoms with Crippen LogP contribution in [0.4, 0.5) is 0 Å². The number of allylic oxidation sites excluding steroid dienone is 3. The minimum atomic E-state index is 0.816. The second-order valence-electron chi connectivity index (χ2n) is 3.84. The van der Waals surface area contributed by atoms with Crippen molar-refractivity contribution in [1.29, 1.82) is 0 Å². The van der Waals surface area contributed by atoms with E-state index in [0.29, 0.717) is 0 Å². The fourth-order valence-corrected chi connectivity index (χ4v) is 1.57. The number of hydrogen-bond donors (Lipinski definition) is 0. The van der Waals surface area contributed by atoms with Crippen LogP contribution in [-0.2, 0) is 0 Å². The molecule has 76 valence electrons. The van der Waals surface area contributed by atoms with Gasteiger partial charge in [0, 0.05) is 0 Å². The molecule has 0 unspecified atom stereocenters. The fourth-order valence-electron chi connectivity index (χ4n) is 1.57. The lowest BCUT2D eigenvalue weighted by Gasteiger charge is -2.10. The number of rotatable bonds is 7. The Labute approximate surface area is 83.7 Å². The Kier molecular flexibility index (Phi) is 7.77. The lowest BCUT2D eigenvalue weighted by molar-refractivity contribution is 0.505. The summed E-state index contributed by atoms with van der Waals surface area (Å²) in [5, 5.41) is 0. The van der Waals surface area contributed by atoms with Crippen molar-refractivity contribution in [3.63, 3.8) is 0 Å². The van der Waals surface area contributed by atoms with Crippen molar-refractivity contribution in [2.75, 3.05) is 0 Å². The molecule has 0 radical (unpaired) electrons. The van der Waals surface area contributed by atoms with Crippen LogP contribution in [0.5, 0.6) is 0 Å². The Balaban J connectivity index is 3.79. The predicted molar refractivity (Wildman–Crippen MR) is 61.9 cm³/mol. The van der Waals surface area contributed by atoms with Gasteiger partial charge < -0.3 is 0 Å². The number of hydrogen-bond acceptors (Lipinski definition) is 0. The van der Waals surface area contributed by atoms with E-state index in [-0.39, 0.29) is 0 Å². The van der Waals surface area contributed by atoms with Crippen molar-refractivity contribution in [1.82, 2.24) is 0 Å². The summed E-state index contributed by atoms with van der Waals surface area (Å²) in [7, 11) is 0. The average molecular weight is 180 g/mol. The molecular weight excluding hydrogens is 156 g/mol. The molecule has 0 aliphatic carbocycles. The molecule has 0 saturated carbocycles. The molecule has 0 rings (SSSR count). The van der Waals surface area contributed by atoms with Gasteiger partial charge in [0.15, 0.2) is 0 Å². The van der Waals surface area contributed by atoms with E-state index in [9.17, 15) is 0 Å². The first kappa shape index (κ1) is 12.5.